The summed E-state index contributed by atoms with van der Waals surface area (Å²) in [5.74, 6) is 0.0341. The van der Waals surface area contributed by atoms with E-state index in [4.69, 9.17) is 11.6 Å². The topological polar surface area (TPSA) is 81.2 Å². The molecule has 1 amide bonds. The summed E-state index contributed by atoms with van der Waals surface area (Å²) in [5.41, 5.74) is 2.49. The van der Waals surface area contributed by atoms with Crippen LogP contribution in [-0.2, 0) is 13.1 Å². The minimum absolute atomic E-state index is 0.194. The van der Waals surface area contributed by atoms with Crippen LogP contribution >= 0.6 is 11.6 Å². The van der Waals surface area contributed by atoms with Gasteiger partial charge in [-0.25, -0.2) is 19.5 Å². The van der Waals surface area contributed by atoms with Crippen LogP contribution in [0.4, 0.5) is 4.39 Å². The molecule has 28 heavy (non-hydrogen) atoms. The second-order valence-electron chi connectivity index (χ2n) is 6.41. The Morgan fingerprint density at radius 2 is 2.00 bits per heavy atom. The van der Waals surface area contributed by atoms with E-state index in [9.17, 15) is 9.18 Å². The van der Waals surface area contributed by atoms with Gasteiger partial charge in [0.25, 0.3) is 5.91 Å². The second-order valence-corrected chi connectivity index (χ2v) is 6.85. The first-order chi connectivity index (χ1) is 13.6. The summed E-state index contributed by atoms with van der Waals surface area (Å²) in [4.78, 5) is 26.9. The molecule has 0 radical (unpaired) electrons. The van der Waals surface area contributed by atoms with Crippen LogP contribution in [0.3, 0.4) is 0 Å². The number of amides is 1. The molecule has 0 saturated heterocycles. The van der Waals surface area contributed by atoms with Crippen LogP contribution in [0.5, 0.6) is 0 Å². The number of fused-ring (bicyclic) bond motifs is 2. The SMILES string of the molecule is O=C(c1cc2ncc(Cl)cn2n1)N1CCn2c(-c3ccc(F)nc3)cnc2C1. The maximum absolute atomic E-state index is 13.1. The predicted octanol–water partition coefficient (Wildman–Crippen LogP) is 2.44. The Hall–Kier alpha value is -3.33. The molecule has 0 fully saturated rings. The van der Waals surface area contributed by atoms with Gasteiger partial charge in [0.2, 0.25) is 5.95 Å². The molecule has 0 unspecified atom stereocenters. The molecule has 140 valence electrons. The van der Waals surface area contributed by atoms with Gasteiger partial charge < -0.3 is 9.47 Å². The molecular weight excluding hydrogens is 385 g/mol. The number of nitrogens with zero attached hydrogens (tertiary/aromatic N) is 7. The van der Waals surface area contributed by atoms with E-state index in [1.165, 1.54) is 23.0 Å². The van der Waals surface area contributed by atoms with Crippen LogP contribution in [-0.4, -0.2) is 46.5 Å². The van der Waals surface area contributed by atoms with E-state index < -0.39 is 5.95 Å². The van der Waals surface area contributed by atoms with Crippen molar-refractivity contribution in [1.82, 2.24) is 34.0 Å². The summed E-state index contributed by atoms with van der Waals surface area (Å²) in [6.45, 7) is 1.44. The van der Waals surface area contributed by atoms with Gasteiger partial charge in [0.15, 0.2) is 11.3 Å². The zero-order valence-corrected chi connectivity index (χ0v) is 15.2. The van der Waals surface area contributed by atoms with Crippen molar-refractivity contribution in [2.75, 3.05) is 6.54 Å². The first-order valence-corrected chi connectivity index (χ1v) is 8.93. The lowest BCUT2D eigenvalue weighted by Crippen LogP contribution is -2.38. The van der Waals surface area contributed by atoms with E-state index >= 15 is 0 Å². The summed E-state index contributed by atoms with van der Waals surface area (Å²) in [6.07, 6.45) is 6.31. The van der Waals surface area contributed by atoms with Crippen LogP contribution in [0.25, 0.3) is 16.9 Å². The van der Waals surface area contributed by atoms with Crippen molar-refractivity contribution in [1.29, 1.82) is 0 Å². The molecule has 4 aromatic rings. The standard InChI is InChI=1S/C18H13ClFN7O/c19-12-7-22-16-5-13(24-27(16)9-12)18(28)25-3-4-26-14(8-23-17(26)10-25)11-1-2-15(20)21-6-11/h1-2,5-9H,3-4,10H2. The highest BCUT2D eigenvalue weighted by molar-refractivity contribution is 6.30. The van der Waals surface area contributed by atoms with Gasteiger partial charge in [-0.15, -0.1) is 0 Å². The summed E-state index contributed by atoms with van der Waals surface area (Å²) >= 11 is 5.92. The molecule has 5 heterocycles. The average Bonchev–Trinajstić information content (AvgIpc) is 3.31. The van der Waals surface area contributed by atoms with E-state index in [0.717, 1.165) is 17.1 Å². The summed E-state index contributed by atoms with van der Waals surface area (Å²) in [7, 11) is 0. The molecule has 0 aromatic carbocycles. The van der Waals surface area contributed by atoms with Crippen LogP contribution in [0.2, 0.25) is 5.02 Å². The Morgan fingerprint density at radius 3 is 2.82 bits per heavy atom. The van der Waals surface area contributed by atoms with Crippen molar-refractivity contribution in [3.63, 3.8) is 0 Å². The second kappa shape index (κ2) is 6.38. The lowest BCUT2D eigenvalue weighted by Gasteiger charge is -2.28. The normalized spacial score (nSPS) is 13.7. The summed E-state index contributed by atoms with van der Waals surface area (Å²) in [6, 6.07) is 4.62. The quantitative estimate of drug-likeness (QED) is 0.485. The zero-order chi connectivity index (χ0) is 19.3. The largest absolute Gasteiger partial charge is 0.328 e. The molecule has 4 aromatic heterocycles. The summed E-state index contributed by atoms with van der Waals surface area (Å²) in [5, 5.41) is 4.72. The Balaban J connectivity index is 1.41. The van der Waals surface area contributed by atoms with Crippen LogP contribution in [0.15, 0.2) is 43.0 Å². The van der Waals surface area contributed by atoms with E-state index in [-0.39, 0.29) is 5.91 Å². The molecule has 0 bridgehead atoms. The molecule has 10 heteroatoms. The fraction of sp³-hybridized carbons (Fsp3) is 0.167. The number of halogens is 2. The van der Waals surface area contributed by atoms with Crippen molar-refractivity contribution in [2.24, 2.45) is 0 Å². The Kier molecular flexibility index (Phi) is 3.83. The van der Waals surface area contributed by atoms with Gasteiger partial charge in [-0.3, -0.25) is 4.79 Å². The first kappa shape index (κ1) is 16.8. The van der Waals surface area contributed by atoms with Crippen LogP contribution in [0, 0.1) is 5.95 Å². The minimum atomic E-state index is -0.526. The van der Waals surface area contributed by atoms with Crippen molar-refractivity contribution in [3.05, 3.63) is 65.5 Å². The van der Waals surface area contributed by atoms with E-state index in [1.807, 2.05) is 4.57 Å². The van der Waals surface area contributed by atoms with Gasteiger partial charge in [-0.05, 0) is 12.1 Å². The number of hydrogen-bond acceptors (Lipinski definition) is 5. The number of imidazole rings is 1. The third-order valence-corrected chi connectivity index (χ3v) is 4.87. The summed E-state index contributed by atoms with van der Waals surface area (Å²) < 4.78 is 16.6. The van der Waals surface area contributed by atoms with Crippen LogP contribution < -0.4 is 0 Å². The molecule has 5 rings (SSSR count). The number of aromatic nitrogens is 6. The smallest absolute Gasteiger partial charge is 0.274 e. The molecule has 0 spiro atoms. The highest BCUT2D eigenvalue weighted by atomic mass is 35.5. The van der Waals surface area contributed by atoms with Gasteiger partial charge in [0.1, 0.15) is 5.82 Å². The number of pyridine rings is 1. The van der Waals surface area contributed by atoms with E-state index in [1.54, 1.807) is 29.4 Å². The maximum Gasteiger partial charge on any atom is 0.274 e. The monoisotopic (exact) mass is 397 g/mol. The minimum Gasteiger partial charge on any atom is -0.328 e. The number of hydrogen-bond donors (Lipinski definition) is 0. The maximum atomic E-state index is 13.1. The van der Waals surface area contributed by atoms with Crippen molar-refractivity contribution in [2.45, 2.75) is 13.1 Å². The van der Waals surface area contributed by atoms with E-state index in [0.29, 0.717) is 36.0 Å². The van der Waals surface area contributed by atoms with Gasteiger partial charge in [0, 0.05) is 37.1 Å². The Morgan fingerprint density at radius 1 is 1.11 bits per heavy atom. The third kappa shape index (κ3) is 2.80. The molecular formula is C18H13ClFN7O. The van der Waals surface area contributed by atoms with Gasteiger partial charge in [0.05, 0.1) is 29.7 Å². The molecule has 0 atom stereocenters. The highest BCUT2D eigenvalue weighted by Gasteiger charge is 2.26. The molecule has 8 nitrogen and oxygen atoms in total. The molecule has 1 aliphatic rings. The lowest BCUT2D eigenvalue weighted by molar-refractivity contribution is 0.0701. The van der Waals surface area contributed by atoms with Crippen molar-refractivity contribution >= 4 is 23.2 Å². The Bertz CT molecular complexity index is 1200. The fourth-order valence-corrected chi connectivity index (χ4v) is 3.45. The molecule has 0 N–H and O–H groups in total. The Labute approximate surface area is 163 Å². The van der Waals surface area contributed by atoms with Crippen molar-refractivity contribution < 1.29 is 9.18 Å². The average molecular weight is 398 g/mol. The number of carbonyl (C=O) groups is 1. The zero-order valence-electron chi connectivity index (χ0n) is 14.5. The van der Waals surface area contributed by atoms with Crippen molar-refractivity contribution in [3.8, 4) is 11.3 Å². The van der Waals surface area contributed by atoms with E-state index in [2.05, 4.69) is 20.1 Å². The predicted molar refractivity (Wildman–Crippen MR) is 98.2 cm³/mol. The van der Waals surface area contributed by atoms with Gasteiger partial charge in [-0.2, -0.15) is 9.49 Å². The van der Waals surface area contributed by atoms with Crippen LogP contribution in [0.1, 0.15) is 16.3 Å². The van der Waals surface area contributed by atoms with Gasteiger partial charge >= 0.3 is 0 Å². The highest BCUT2D eigenvalue weighted by Crippen LogP contribution is 2.24. The number of rotatable bonds is 2. The molecule has 0 saturated carbocycles. The fourth-order valence-electron chi connectivity index (χ4n) is 3.31. The lowest BCUT2D eigenvalue weighted by atomic mass is 10.2. The third-order valence-electron chi connectivity index (χ3n) is 4.68. The number of carbonyl (C=O) groups excluding carboxylic acids is 1. The molecule has 0 aliphatic carbocycles. The first-order valence-electron chi connectivity index (χ1n) is 8.55. The molecule has 1 aliphatic heterocycles. The van der Waals surface area contributed by atoms with Gasteiger partial charge in [-0.1, -0.05) is 11.6 Å².